The number of ether oxygens (including phenoxy) is 1. The summed E-state index contributed by atoms with van der Waals surface area (Å²) in [5, 5.41) is 16.8. The third-order valence-electron chi connectivity index (χ3n) is 5.58. The molecule has 0 spiro atoms. The first-order valence-corrected chi connectivity index (χ1v) is 10.9. The zero-order chi connectivity index (χ0) is 22.3. The number of aliphatic hydroxyl groups excluding tert-OH is 1. The molecule has 162 valence electrons. The Labute approximate surface area is 188 Å². The van der Waals surface area contributed by atoms with E-state index >= 15 is 0 Å². The average molecular weight is 426 g/mol. The van der Waals surface area contributed by atoms with Crippen LogP contribution >= 0.6 is 0 Å². The van der Waals surface area contributed by atoms with E-state index in [0.29, 0.717) is 5.56 Å². The van der Waals surface area contributed by atoms with Gasteiger partial charge in [0.05, 0.1) is 12.6 Å². The standard InChI is InChI=1S/C28H27NO3/c1-2-32-28(31)26(27(30)24-18-17-20-11-9-10-16-23(20)19-24)29-25(21-12-5-3-6-13-21)22-14-7-4-8-15-22/h3-19,25-27,29-30H,2H2,1H3/t26-,27-/m1/s1. The summed E-state index contributed by atoms with van der Waals surface area (Å²) in [6, 6.07) is 32.3. The number of hydrogen-bond acceptors (Lipinski definition) is 4. The van der Waals surface area contributed by atoms with E-state index in [2.05, 4.69) is 5.32 Å². The van der Waals surface area contributed by atoms with Crippen LogP contribution in [0.3, 0.4) is 0 Å². The zero-order valence-corrected chi connectivity index (χ0v) is 18.0. The van der Waals surface area contributed by atoms with Crippen molar-refractivity contribution in [3.8, 4) is 0 Å². The van der Waals surface area contributed by atoms with Crippen LogP contribution in [-0.2, 0) is 9.53 Å². The molecule has 0 bridgehead atoms. The first kappa shape index (κ1) is 21.8. The van der Waals surface area contributed by atoms with Gasteiger partial charge in [-0.2, -0.15) is 0 Å². The molecule has 2 N–H and O–H groups in total. The van der Waals surface area contributed by atoms with Gasteiger partial charge >= 0.3 is 5.97 Å². The van der Waals surface area contributed by atoms with E-state index in [1.54, 1.807) is 6.92 Å². The number of carbonyl (C=O) groups excluding carboxylic acids is 1. The molecule has 0 amide bonds. The third kappa shape index (κ3) is 4.88. The van der Waals surface area contributed by atoms with Crippen LogP contribution in [0.2, 0.25) is 0 Å². The fourth-order valence-corrected chi connectivity index (χ4v) is 3.96. The van der Waals surface area contributed by atoms with Crippen LogP contribution in [0.15, 0.2) is 103 Å². The van der Waals surface area contributed by atoms with Crippen LogP contribution in [0.5, 0.6) is 0 Å². The van der Waals surface area contributed by atoms with E-state index < -0.39 is 18.1 Å². The second-order valence-electron chi connectivity index (χ2n) is 7.70. The quantitative estimate of drug-likeness (QED) is 0.382. The number of esters is 1. The zero-order valence-electron chi connectivity index (χ0n) is 18.0. The smallest absolute Gasteiger partial charge is 0.326 e. The number of hydrogen-bond donors (Lipinski definition) is 2. The van der Waals surface area contributed by atoms with Gasteiger partial charge in [0.15, 0.2) is 0 Å². The summed E-state index contributed by atoms with van der Waals surface area (Å²) in [5.41, 5.74) is 2.66. The van der Waals surface area contributed by atoms with Gasteiger partial charge in [-0.1, -0.05) is 97.1 Å². The molecule has 0 aromatic heterocycles. The Hall–Kier alpha value is -3.47. The van der Waals surface area contributed by atoms with E-state index in [1.807, 2.05) is 103 Å². The molecule has 4 heteroatoms. The Morgan fingerprint density at radius 2 is 1.34 bits per heavy atom. The molecule has 0 fully saturated rings. The molecule has 0 saturated heterocycles. The number of fused-ring (bicyclic) bond motifs is 1. The van der Waals surface area contributed by atoms with Gasteiger partial charge in [-0.25, -0.2) is 0 Å². The van der Waals surface area contributed by atoms with Crippen LogP contribution in [0.4, 0.5) is 0 Å². The molecule has 0 heterocycles. The molecular weight excluding hydrogens is 398 g/mol. The monoisotopic (exact) mass is 425 g/mol. The highest BCUT2D eigenvalue weighted by Gasteiger charge is 2.32. The lowest BCUT2D eigenvalue weighted by Crippen LogP contribution is -2.45. The largest absolute Gasteiger partial charge is 0.465 e. The minimum atomic E-state index is -1.08. The van der Waals surface area contributed by atoms with Gasteiger partial charge in [0.2, 0.25) is 0 Å². The Balaban J connectivity index is 1.71. The van der Waals surface area contributed by atoms with Gasteiger partial charge in [0, 0.05) is 0 Å². The predicted octanol–water partition coefficient (Wildman–Crippen LogP) is 5.18. The summed E-state index contributed by atoms with van der Waals surface area (Å²) in [5.74, 6) is -0.481. The van der Waals surface area contributed by atoms with Crippen LogP contribution < -0.4 is 5.32 Å². The van der Waals surface area contributed by atoms with Gasteiger partial charge in [-0.05, 0) is 40.5 Å². The topological polar surface area (TPSA) is 58.6 Å². The van der Waals surface area contributed by atoms with Crippen LogP contribution in [0, 0.1) is 0 Å². The Kier molecular flexibility index (Phi) is 6.95. The Morgan fingerprint density at radius 1 is 0.781 bits per heavy atom. The van der Waals surface area contributed by atoms with E-state index in [9.17, 15) is 9.90 Å². The lowest BCUT2D eigenvalue weighted by atomic mass is 9.94. The summed E-state index contributed by atoms with van der Waals surface area (Å²) < 4.78 is 5.35. The van der Waals surface area contributed by atoms with Crippen molar-refractivity contribution < 1.29 is 14.6 Å². The maximum absolute atomic E-state index is 13.0. The molecule has 0 radical (unpaired) electrons. The van der Waals surface area contributed by atoms with Crippen molar-refractivity contribution in [1.82, 2.24) is 5.32 Å². The fourth-order valence-electron chi connectivity index (χ4n) is 3.96. The Morgan fingerprint density at radius 3 is 1.94 bits per heavy atom. The molecular formula is C28H27NO3. The van der Waals surface area contributed by atoms with Crippen molar-refractivity contribution >= 4 is 16.7 Å². The number of nitrogens with one attached hydrogen (secondary N) is 1. The third-order valence-corrected chi connectivity index (χ3v) is 5.58. The second-order valence-corrected chi connectivity index (χ2v) is 7.70. The normalized spacial score (nSPS) is 13.1. The molecule has 2 atom stereocenters. The first-order valence-electron chi connectivity index (χ1n) is 10.9. The Bertz CT molecular complexity index is 1120. The fraction of sp³-hybridized carbons (Fsp3) is 0.179. The summed E-state index contributed by atoms with van der Waals surface area (Å²) in [7, 11) is 0. The maximum Gasteiger partial charge on any atom is 0.326 e. The van der Waals surface area contributed by atoms with Crippen LogP contribution in [0.25, 0.3) is 10.8 Å². The van der Waals surface area contributed by atoms with Crippen molar-refractivity contribution in [3.63, 3.8) is 0 Å². The summed E-state index contributed by atoms with van der Waals surface area (Å²) in [4.78, 5) is 13.0. The van der Waals surface area contributed by atoms with Gasteiger partial charge in [0.25, 0.3) is 0 Å². The molecule has 32 heavy (non-hydrogen) atoms. The van der Waals surface area contributed by atoms with Crippen molar-refractivity contribution in [2.45, 2.75) is 25.1 Å². The summed E-state index contributed by atoms with van der Waals surface area (Å²) in [6.07, 6.45) is -1.08. The van der Waals surface area contributed by atoms with E-state index in [4.69, 9.17) is 4.74 Å². The average Bonchev–Trinajstić information content (AvgIpc) is 2.85. The van der Waals surface area contributed by atoms with Crippen molar-refractivity contribution in [3.05, 3.63) is 120 Å². The molecule has 4 nitrogen and oxygen atoms in total. The maximum atomic E-state index is 13.0. The number of rotatable bonds is 8. The van der Waals surface area contributed by atoms with Gasteiger partial charge < -0.3 is 9.84 Å². The predicted molar refractivity (Wildman–Crippen MR) is 127 cm³/mol. The highest BCUT2D eigenvalue weighted by molar-refractivity contribution is 5.83. The molecule has 0 unspecified atom stereocenters. The van der Waals surface area contributed by atoms with Crippen molar-refractivity contribution in [2.75, 3.05) is 6.61 Å². The summed E-state index contributed by atoms with van der Waals surface area (Å²) >= 11 is 0. The minimum absolute atomic E-state index is 0.239. The van der Waals surface area contributed by atoms with Gasteiger partial charge in [0.1, 0.15) is 12.1 Å². The lowest BCUT2D eigenvalue weighted by molar-refractivity contribution is -0.149. The molecule has 0 aliphatic carbocycles. The second kappa shape index (κ2) is 10.2. The molecule has 4 rings (SSSR count). The highest BCUT2D eigenvalue weighted by atomic mass is 16.5. The highest BCUT2D eigenvalue weighted by Crippen LogP contribution is 2.28. The molecule has 0 aliphatic heterocycles. The summed E-state index contributed by atoms with van der Waals surface area (Å²) in [6.45, 7) is 2.01. The van der Waals surface area contributed by atoms with E-state index in [-0.39, 0.29) is 12.6 Å². The van der Waals surface area contributed by atoms with Gasteiger partial charge in [-0.3, -0.25) is 10.1 Å². The van der Waals surface area contributed by atoms with Crippen molar-refractivity contribution in [2.24, 2.45) is 0 Å². The van der Waals surface area contributed by atoms with E-state index in [1.165, 1.54) is 0 Å². The number of aliphatic hydroxyl groups is 1. The molecule has 4 aromatic carbocycles. The first-order chi connectivity index (χ1) is 15.7. The molecule has 0 saturated carbocycles. The van der Waals surface area contributed by atoms with E-state index in [0.717, 1.165) is 21.9 Å². The van der Waals surface area contributed by atoms with Gasteiger partial charge in [-0.15, -0.1) is 0 Å². The van der Waals surface area contributed by atoms with Crippen LogP contribution in [0.1, 0.15) is 35.8 Å². The van der Waals surface area contributed by atoms with Crippen molar-refractivity contribution in [1.29, 1.82) is 0 Å². The lowest BCUT2D eigenvalue weighted by Gasteiger charge is -2.29. The number of carbonyl (C=O) groups is 1. The minimum Gasteiger partial charge on any atom is -0.465 e. The number of benzene rings is 4. The molecule has 0 aliphatic rings. The molecule has 4 aromatic rings. The van der Waals surface area contributed by atoms with Crippen LogP contribution in [-0.4, -0.2) is 23.7 Å². The SMILES string of the molecule is CCOC(=O)[C@H](NC(c1ccccc1)c1ccccc1)[C@H](O)c1ccc2ccccc2c1.